The van der Waals surface area contributed by atoms with Crippen LogP contribution in [0.25, 0.3) is 180 Å². The molecular weight excluding hydrogens is 1410 g/mol. The third-order valence-electron chi connectivity index (χ3n) is 19.6. The quantitative estimate of drug-likeness (QED) is 0.0478. The van der Waals surface area contributed by atoms with Gasteiger partial charge in [-0.05, 0) is 170 Å². The minimum absolute atomic E-state index is 0.826. The van der Waals surface area contributed by atoms with Crippen LogP contribution < -0.4 is 0 Å². The number of hydrogen-bond donors (Lipinski definition) is 0. The Morgan fingerprint density at radius 1 is 0.112 bits per heavy atom. The summed E-state index contributed by atoms with van der Waals surface area (Å²) in [5, 5.41) is 0. The van der Waals surface area contributed by atoms with Gasteiger partial charge in [0.1, 0.15) is 0 Å². The lowest BCUT2D eigenvalue weighted by Gasteiger charge is -2.02. The second kappa shape index (κ2) is 38.4. The van der Waals surface area contributed by atoms with E-state index >= 15 is 0 Å². The second-order valence-electron chi connectivity index (χ2n) is 27.9. The van der Waals surface area contributed by atoms with Crippen molar-refractivity contribution in [3.8, 4) is 34.2 Å². The molecule has 552 valence electrons. The Morgan fingerprint density at radius 2 is 0.207 bits per heavy atom. The highest BCUT2D eigenvalue weighted by molar-refractivity contribution is 5.81. The first-order valence-electron chi connectivity index (χ1n) is 38.6. The van der Waals surface area contributed by atoms with Gasteiger partial charge in [0, 0.05) is 37.2 Å². The van der Waals surface area contributed by atoms with Crippen LogP contribution in [0.2, 0.25) is 0 Å². The topological polar surface area (TPSA) is 77.3 Å². The average Bonchev–Trinajstić information content (AvgIpc) is 0.854. The third-order valence-corrected chi connectivity index (χ3v) is 19.6. The number of nitrogens with zero attached hydrogens (tertiary/aromatic N) is 6. The van der Waals surface area contributed by atoms with Crippen LogP contribution in [-0.4, -0.2) is 29.9 Å². The van der Waals surface area contributed by atoms with Gasteiger partial charge in [-0.3, -0.25) is 29.9 Å². The third kappa shape index (κ3) is 22.2. The van der Waals surface area contributed by atoms with E-state index in [9.17, 15) is 0 Å². The zero-order valence-electron chi connectivity index (χ0n) is 64.1. The fraction of sp³-hybridized carbons (Fsp3) is 0. The fourth-order valence-electron chi connectivity index (χ4n) is 12.6. The van der Waals surface area contributed by atoms with Crippen molar-refractivity contribution in [1.29, 1.82) is 0 Å². The monoisotopic (exact) mass is 1490 g/mol. The highest BCUT2D eigenvalue weighted by atomic mass is 14.8. The predicted molar refractivity (Wildman–Crippen MR) is 499 cm³/mol. The molecule has 0 atom stereocenters. The number of pyridine rings is 6. The lowest BCUT2D eigenvalue weighted by Crippen LogP contribution is -1.88. The van der Waals surface area contributed by atoms with E-state index in [0.717, 1.165) is 168 Å². The molecule has 0 aliphatic carbocycles. The Bertz CT molecular complexity index is 6130. The lowest BCUT2D eigenvalue weighted by molar-refractivity contribution is 1.24. The van der Waals surface area contributed by atoms with E-state index in [4.69, 9.17) is 19.9 Å². The van der Waals surface area contributed by atoms with E-state index in [1.807, 2.05) is 79.5 Å². The van der Waals surface area contributed by atoms with E-state index < -0.39 is 0 Å². The molecule has 0 saturated heterocycles. The summed E-state index contributed by atoms with van der Waals surface area (Å²) < 4.78 is 0. The van der Waals surface area contributed by atoms with Gasteiger partial charge in [0.15, 0.2) is 0 Å². The van der Waals surface area contributed by atoms with Crippen LogP contribution in [0.15, 0.2) is 342 Å². The largest absolute Gasteiger partial charge is 0.254 e. The Morgan fingerprint density at radius 3 is 0.310 bits per heavy atom. The molecule has 6 heterocycles. The summed E-state index contributed by atoms with van der Waals surface area (Å²) in [5.41, 5.74) is 31.5. The van der Waals surface area contributed by atoms with Crippen LogP contribution in [0.1, 0.15) is 134 Å². The molecule has 0 unspecified atom stereocenters. The maximum absolute atomic E-state index is 4.75. The van der Waals surface area contributed by atoms with E-state index in [1.54, 1.807) is 12.3 Å². The molecule has 0 saturated carbocycles. The zero-order chi connectivity index (χ0) is 78.7. The van der Waals surface area contributed by atoms with Crippen molar-refractivity contribution >= 4 is 146 Å². The Hall–Kier alpha value is -15.5. The molecular formula is C110H82N6. The van der Waals surface area contributed by atoms with E-state index in [0.29, 0.717) is 0 Å². The van der Waals surface area contributed by atoms with Gasteiger partial charge < -0.3 is 0 Å². The lowest BCUT2D eigenvalue weighted by atomic mass is 10.1. The average molecular weight is 1490 g/mol. The summed E-state index contributed by atoms with van der Waals surface area (Å²) in [7, 11) is 0. The maximum Gasteiger partial charge on any atom is 0.0886 e. The van der Waals surface area contributed by atoms with E-state index in [2.05, 4.69) is 406 Å². The number of rotatable bonds is 27. The molecule has 6 aromatic heterocycles. The molecule has 116 heavy (non-hydrogen) atoms. The Balaban J connectivity index is 0.448. The molecule has 0 amide bonds. The molecule has 6 nitrogen and oxygen atoms in total. The van der Waals surface area contributed by atoms with Crippen LogP contribution in [0.3, 0.4) is 0 Å². The maximum atomic E-state index is 4.75. The molecule has 0 aliphatic heterocycles. The first-order valence-corrected chi connectivity index (χ1v) is 38.6. The van der Waals surface area contributed by atoms with Gasteiger partial charge >= 0.3 is 0 Å². The van der Waals surface area contributed by atoms with Crippen molar-refractivity contribution in [1.82, 2.24) is 29.9 Å². The predicted octanol–water partition coefficient (Wildman–Crippen LogP) is 28.2. The molecule has 9 aromatic carbocycles. The second-order valence-corrected chi connectivity index (χ2v) is 27.9. The van der Waals surface area contributed by atoms with Gasteiger partial charge in [0.2, 0.25) is 0 Å². The van der Waals surface area contributed by atoms with Gasteiger partial charge in [0.05, 0.1) is 34.2 Å². The van der Waals surface area contributed by atoms with Crippen molar-refractivity contribution in [2.45, 2.75) is 0 Å². The summed E-state index contributed by atoms with van der Waals surface area (Å²) in [6, 6.07) is 101. The van der Waals surface area contributed by atoms with Crippen molar-refractivity contribution in [2.24, 2.45) is 0 Å². The summed E-state index contributed by atoms with van der Waals surface area (Å²) >= 11 is 0. The molecule has 0 spiro atoms. The number of hydrogen-bond acceptors (Lipinski definition) is 6. The Labute approximate surface area is 680 Å². The smallest absolute Gasteiger partial charge is 0.0886 e. The van der Waals surface area contributed by atoms with Crippen LogP contribution in [0.5, 0.6) is 0 Å². The first kappa shape index (κ1) is 75.9. The number of aromatic nitrogens is 6. The summed E-state index contributed by atoms with van der Waals surface area (Å²) in [4.78, 5) is 28.1. The van der Waals surface area contributed by atoms with Crippen molar-refractivity contribution in [3.05, 3.63) is 475 Å². The van der Waals surface area contributed by atoms with Crippen molar-refractivity contribution in [2.75, 3.05) is 0 Å². The van der Waals surface area contributed by atoms with Crippen LogP contribution in [-0.2, 0) is 0 Å². The molecule has 0 N–H and O–H groups in total. The van der Waals surface area contributed by atoms with Crippen molar-refractivity contribution in [3.63, 3.8) is 0 Å². The number of benzene rings is 9. The molecule has 0 fully saturated rings. The van der Waals surface area contributed by atoms with E-state index in [-0.39, 0.29) is 0 Å². The van der Waals surface area contributed by atoms with Gasteiger partial charge in [0.25, 0.3) is 0 Å². The van der Waals surface area contributed by atoms with E-state index in [1.165, 1.54) is 0 Å². The summed E-state index contributed by atoms with van der Waals surface area (Å²) in [6.07, 6.45) is 61.6. The fourth-order valence-corrected chi connectivity index (χ4v) is 12.6. The first-order chi connectivity index (χ1) is 57.2. The normalized spacial score (nSPS) is 12.0. The molecule has 6 heteroatoms. The zero-order valence-corrected chi connectivity index (χ0v) is 64.1. The molecule has 0 radical (unpaired) electrons. The van der Waals surface area contributed by atoms with Gasteiger partial charge in [-0.2, -0.15) is 0 Å². The summed E-state index contributed by atoms with van der Waals surface area (Å²) in [5.74, 6) is 0. The highest BCUT2D eigenvalue weighted by Gasteiger charge is 2.07. The Kier molecular flexibility index (Phi) is 25.1. The standard InChI is InChI=1S/C110H82N6/c1-3-81-5-7-83(8-6-81)9-10-84-11-13-85(14-12-84)23-28-90-35-45-96(46-36-90)54-59-101-65-71-107(113-77-101)108-72-66-102(78-114-108)60-56-98-49-39-93(40-50-98)31-26-88-19-21-89(22-20-88)27-32-94-41-51-99(52-42-94)57-62-104-68-74-110(116-80-104)109-73-67-103(79-115-109)61-55-97-47-37-92(38-48-97)30-25-87-17-15-86(16-18-87)24-29-91-33-43-95(44-34-91)53-58-100-64-70-106(112-76-100)105-69-63-82(4-2)75-111-105/h3-80H,1-2H2/b10-9+,28-23+,29-24+,30-25+,31-26+,32-27+,58-53+,59-54+,60-56+,61-55+,62-57+. The van der Waals surface area contributed by atoms with Crippen LogP contribution in [0.4, 0.5) is 0 Å². The molecule has 15 rings (SSSR count). The molecule has 15 aromatic rings. The van der Waals surface area contributed by atoms with Crippen molar-refractivity contribution < 1.29 is 0 Å². The minimum Gasteiger partial charge on any atom is -0.254 e. The SMILES string of the molecule is C=Cc1ccc(/C=C/c2ccc(/C=C/c3ccc(/C=C/c4ccc(-c5ccc(/C=C/c6ccc(/C=C/c7ccc(/C=C/c8ccc(/C=C/c9ccc(-c%10ccc(/C=C/c%11ccc(/C=C/c%12ccc(/C=C/c%13ccc(/C=C/c%14ccc(-c%15ccc(C=C)cn%15)nc%14)cc%13)cc%12)cc%11)cn%10)nc9)cc8)cc7)cc6)cn5)nc4)cc3)cc2)cc1. The minimum atomic E-state index is 0.826. The van der Waals surface area contributed by atoms with Crippen LogP contribution in [0, 0.1) is 0 Å². The van der Waals surface area contributed by atoms with Gasteiger partial charge in [-0.25, -0.2) is 0 Å². The van der Waals surface area contributed by atoms with Gasteiger partial charge in [-0.15, -0.1) is 0 Å². The highest BCUT2D eigenvalue weighted by Crippen LogP contribution is 2.25. The van der Waals surface area contributed by atoms with Crippen LogP contribution >= 0.6 is 0 Å². The molecule has 0 aliphatic rings. The molecule has 0 bridgehead atoms. The summed E-state index contributed by atoms with van der Waals surface area (Å²) in [6.45, 7) is 7.63. The van der Waals surface area contributed by atoms with Gasteiger partial charge in [-0.1, -0.05) is 414 Å².